The molecule has 2 nitrogen and oxygen atoms in total. The molecule has 0 amide bonds. The van der Waals surface area contributed by atoms with Crippen LogP contribution in [-0.4, -0.2) is 14.1 Å². The van der Waals surface area contributed by atoms with Crippen LogP contribution >= 0.6 is 24.8 Å². The largest absolute Gasteiger partial charge is 0.378 e. The van der Waals surface area contributed by atoms with Crippen molar-refractivity contribution in [2.45, 2.75) is 6.54 Å². The van der Waals surface area contributed by atoms with E-state index < -0.39 is 0 Å². The van der Waals surface area contributed by atoms with E-state index in [1.807, 2.05) is 14.1 Å². The third-order valence-corrected chi connectivity index (χ3v) is 1.69. The Hall–Kier alpha value is -0.440. The smallest absolute Gasteiger partial charge is 0.0361 e. The topological polar surface area (TPSA) is 29.3 Å². The summed E-state index contributed by atoms with van der Waals surface area (Å²) in [5.41, 5.74) is 7.85. The summed E-state index contributed by atoms with van der Waals surface area (Å²) in [5.74, 6) is 0. The van der Waals surface area contributed by atoms with E-state index in [1.165, 1.54) is 11.3 Å². The van der Waals surface area contributed by atoms with Crippen LogP contribution in [-0.2, 0) is 6.54 Å². The molecule has 2 N–H and O–H groups in total. The lowest BCUT2D eigenvalue weighted by atomic mass is 10.2. The summed E-state index contributed by atoms with van der Waals surface area (Å²) in [4.78, 5) is 2.07. The van der Waals surface area contributed by atoms with Gasteiger partial charge in [-0.2, -0.15) is 0 Å². The first kappa shape index (κ1) is 15.1. The first-order valence-corrected chi connectivity index (χ1v) is 3.70. The highest BCUT2D eigenvalue weighted by molar-refractivity contribution is 5.85. The summed E-state index contributed by atoms with van der Waals surface area (Å²) in [6.45, 7) is 0.619. The van der Waals surface area contributed by atoms with Crippen molar-refractivity contribution in [1.82, 2.24) is 0 Å². The van der Waals surface area contributed by atoms with E-state index >= 15 is 0 Å². The van der Waals surface area contributed by atoms with Gasteiger partial charge in [-0.25, -0.2) is 0 Å². The third kappa shape index (κ3) is 4.36. The van der Waals surface area contributed by atoms with Crippen molar-refractivity contribution in [2.75, 3.05) is 19.0 Å². The molecule has 0 bridgehead atoms. The van der Waals surface area contributed by atoms with E-state index in [4.69, 9.17) is 5.73 Å². The van der Waals surface area contributed by atoms with Crippen molar-refractivity contribution in [3.63, 3.8) is 0 Å². The number of hydrogen-bond donors (Lipinski definition) is 1. The minimum atomic E-state index is 0. The number of benzene rings is 1. The van der Waals surface area contributed by atoms with Gasteiger partial charge in [-0.15, -0.1) is 24.8 Å². The lowest BCUT2D eigenvalue weighted by Crippen LogP contribution is -2.08. The van der Waals surface area contributed by atoms with Crippen LogP contribution in [0.4, 0.5) is 5.69 Å². The molecule has 1 aromatic carbocycles. The van der Waals surface area contributed by atoms with Gasteiger partial charge in [-0.1, -0.05) is 12.1 Å². The van der Waals surface area contributed by atoms with E-state index in [9.17, 15) is 0 Å². The molecule has 0 aliphatic heterocycles. The SMILES string of the molecule is CN(C)c1ccc(CN)cc1.Cl.Cl. The standard InChI is InChI=1S/C9H14N2.2ClH/c1-11(2)9-5-3-8(7-10)4-6-9;;/h3-6H,7,10H2,1-2H3;2*1H. The minimum absolute atomic E-state index is 0. The Morgan fingerprint density at radius 2 is 1.54 bits per heavy atom. The summed E-state index contributed by atoms with van der Waals surface area (Å²) < 4.78 is 0. The third-order valence-electron chi connectivity index (χ3n) is 1.69. The monoisotopic (exact) mass is 222 g/mol. The quantitative estimate of drug-likeness (QED) is 0.831. The van der Waals surface area contributed by atoms with Gasteiger partial charge in [0.15, 0.2) is 0 Å². The molecule has 0 unspecified atom stereocenters. The molecule has 13 heavy (non-hydrogen) atoms. The Morgan fingerprint density at radius 1 is 1.08 bits per heavy atom. The van der Waals surface area contributed by atoms with Crippen molar-refractivity contribution in [3.8, 4) is 0 Å². The molecular weight excluding hydrogens is 207 g/mol. The van der Waals surface area contributed by atoms with Crippen molar-refractivity contribution >= 4 is 30.5 Å². The van der Waals surface area contributed by atoms with Crippen molar-refractivity contribution in [1.29, 1.82) is 0 Å². The number of nitrogens with two attached hydrogens (primary N) is 1. The average molecular weight is 223 g/mol. The van der Waals surface area contributed by atoms with E-state index in [1.54, 1.807) is 0 Å². The Labute approximate surface area is 91.9 Å². The van der Waals surface area contributed by atoms with Crippen LogP contribution in [0.1, 0.15) is 5.56 Å². The number of anilines is 1. The molecular formula is C9H16Cl2N2. The molecule has 76 valence electrons. The summed E-state index contributed by atoms with van der Waals surface area (Å²) in [6, 6.07) is 8.25. The number of rotatable bonds is 2. The molecule has 0 fully saturated rings. The summed E-state index contributed by atoms with van der Waals surface area (Å²) in [5, 5.41) is 0. The van der Waals surface area contributed by atoms with Crippen molar-refractivity contribution in [2.24, 2.45) is 5.73 Å². The van der Waals surface area contributed by atoms with Crippen LogP contribution in [0, 0.1) is 0 Å². The molecule has 0 heterocycles. The molecule has 4 heteroatoms. The molecule has 0 aliphatic rings. The van der Waals surface area contributed by atoms with Crippen LogP contribution in [0.2, 0.25) is 0 Å². The fourth-order valence-corrected chi connectivity index (χ4v) is 0.930. The minimum Gasteiger partial charge on any atom is -0.378 e. The predicted molar refractivity (Wildman–Crippen MR) is 63.2 cm³/mol. The highest BCUT2D eigenvalue weighted by Crippen LogP contribution is 2.11. The van der Waals surface area contributed by atoms with Crippen LogP contribution in [0.25, 0.3) is 0 Å². The molecule has 0 atom stereocenters. The maximum absolute atomic E-state index is 5.46. The van der Waals surface area contributed by atoms with Gasteiger partial charge < -0.3 is 10.6 Å². The lowest BCUT2D eigenvalue weighted by Gasteiger charge is -2.11. The van der Waals surface area contributed by atoms with Crippen LogP contribution in [0.3, 0.4) is 0 Å². The molecule has 0 aliphatic carbocycles. The number of hydrogen-bond acceptors (Lipinski definition) is 2. The first-order valence-electron chi connectivity index (χ1n) is 3.70. The fourth-order valence-electron chi connectivity index (χ4n) is 0.930. The number of halogens is 2. The van der Waals surface area contributed by atoms with Gasteiger partial charge in [0, 0.05) is 26.3 Å². The lowest BCUT2D eigenvalue weighted by molar-refractivity contribution is 1.06. The van der Waals surface area contributed by atoms with E-state index in [2.05, 4.69) is 29.2 Å². The van der Waals surface area contributed by atoms with E-state index in [-0.39, 0.29) is 24.8 Å². The Balaban J connectivity index is 0. The maximum Gasteiger partial charge on any atom is 0.0361 e. The average Bonchev–Trinajstić information content (AvgIpc) is 2.05. The molecule has 0 saturated heterocycles. The van der Waals surface area contributed by atoms with Gasteiger partial charge in [-0.3, -0.25) is 0 Å². The summed E-state index contributed by atoms with van der Waals surface area (Å²) in [6.07, 6.45) is 0. The van der Waals surface area contributed by atoms with Gasteiger partial charge >= 0.3 is 0 Å². The maximum atomic E-state index is 5.46. The second kappa shape index (κ2) is 7.01. The zero-order valence-corrected chi connectivity index (χ0v) is 9.49. The first-order chi connectivity index (χ1) is 5.24. The van der Waals surface area contributed by atoms with Gasteiger partial charge in [0.05, 0.1) is 0 Å². The zero-order chi connectivity index (χ0) is 8.27. The second-order valence-electron chi connectivity index (χ2n) is 2.76. The highest BCUT2D eigenvalue weighted by Gasteiger charge is 1.92. The van der Waals surface area contributed by atoms with Gasteiger partial charge in [0.25, 0.3) is 0 Å². The molecule has 0 radical (unpaired) electrons. The van der Waals surface area contributed by atoms with Gasteiger partial charge in [-0.05, 0) is 17.7 Å². The molecule has 1 aromatic rings. The highest BCUT2D eigenvalue weighted by atomic mass is 35.5. The Bertz CT molecular complexity index is 222. The summed E-state index contributed by atoms with van der Waals surface area (Å²) in [7, 11) is 4.05. The van der Waals surface area contributed by atoms with Crippen LogP contribution in [0.15, 0.2) is 24.3 Å². The summed E-state index contributed by atoms with van der Waals surface area (Å²) >= 11 is 0. The van der Waals surface area contributed by atoms with Gasteiger partial charge in [0.1, 0.15) is 0 Å². The van der Waals surface area contributed by atoms with E-state index in [0.717, 1.165) is 0 Å². The van der Waals surface area contributed by atoms with E-state index in [0.29, 0.717) is 6.54 Å². The molecule has 0 aromatic heterocycles. The second-order valence-corrected chi connectivity index (χ2v) is 2.76. The zero-order valence-electron chi connectivity index (χ0n) is 7.86. The fraction of sp³-hybridized carbons (Fsp3) is 0.333. The number of nitrogens with zero attached hydrogens (tertiary/aromatic N) is 1. The van der Waals surface area contributed by atoms with Crippen molar-refractivity contribution in [3.05, 3.63) is 29.8 Å². The molecule has 0 saturated carbocycles. The van der Waals surface area contributed by atoms with Gasteiger partial charge in [0.2, 0.25) is 0 Å². The predicted octanol–water partition coefficient (Wildman–Crippen LogP) is 2.05. The van der Waals surface area contributed by atoms with Crippen LogP contribution < -0.4 is 10.6 Å². The normalized spacial score (nSPS) is 8.23. The molecule has 0 spiro atoms. The van der Waals surface area contributed by atoms with Crippen molar-refractivity contribution < 1.29 is 0 Å². The van der Waals surface area contributed by atoms with Crippen LogP contribution in [0.5, 0.6) is 0 Å². The molecule has 1 rings (SSSR count). The Kier molecular flexibility index (Phi) is 8.12. The Morgan fingerprint density at radius 3 is 1.85 bits per heavy atom.